The Balaban J connectivity index is 1.75. The van der Waals surface area contributed by atoms with Crippen molar-refractivity contribution in [3.63, 3.8) is 0 Å². The van der Waals surface area contributed by atoms with E-state index >= 15 is 0 Å². The van der Waals surface area contributed by atoms with Gasteiger partial charge in [0.1, 0.15) is 0 Å². The molecule has 1 aromatic rings. The van der Waals surface area contributed by atoms with E-state index < -0.39 is 0 Å². The maximum Gasteiger partial charge on any atom is 0.225 e. The van der Waals surface area contributed by atoms with Crippen molar-refractivity contribution in [2.24, 2.45) is 5.92 Å². The highest BCUT2D eigenvalue weighted by Crippen LogP contribution is 2.20. The average Bonchev–Trinajstić information content (AvgIpc) is 2.88. The van der Waals surface area contributed by atoms with Gasteiger partial charge >= 0.3 is 0 Å². The number of carbonyl (C=O) groups is 1. The molecule has 0 saturated carbocycles. The van der Waals surface area contributed by atoms with E-state index in [1.54, 1.807) is 6.07 Å². The van der Waals surface area contributed by atoms with Gasteiger partial charge in [-0.25, -0.2) is 0 Å². The number of likely N-dealkylation sites (tertiary alicyclic amines) is 1. The van der Waals surface area contributed by atoms with Crippen molar-refractivity contribution in [2.45, 2.75) is 26.2 Å². The topological polar surface area (TPSA) is 78.6 Å². The molecule has 1 fully saturated rings. The molecule has 1 aliphatic rings. The zero-order valence-electron chi connectivity index (χ0n) is 12.6. The van der Waals surface area contributed by atoms with E-state index in [1.807, 2.05) is 19.1 Å². The van der Waals surface area contributed by atoms with E-state index in [2.05, 4.69) is 10.2 Å². The molecule has 0 spiro atoms. The van der Waals surface area contributed by atoms with E-state index in [4.69, 9.17) is 10.8 Å². The van der Waals surface area contributed by atoms with Crippen LogP contribution in [0.1, 0.15) is 24.8 Å². The van der Waals surface area contributed by atoms with Crippen LogP contribution in [0.5, 0.6) is 0 Å². The smallest absolute Gasteiger partial charge is 0.225 e. The summed E-state index contributed by atoms with van der Waals surface area (Å²) in [4.78, 5) is 14.3. The molecule has 2 rings (SSSR count). The summed E-state index contributed by atoms with van der Waals surface area (Å²) in [7, 11) is 0. The Labute approximate surface area is 126 Å². The lowest BCUT2D eigenvalue weighted by Crippen LogP contribution is -2.26. The quantitative estimate of drug-likeness (QED) is 0.696. The summed E-state index contributed by atoms with van der Waals surface area (Å²) in [5, 5.41) is 11.9. The maximum atomic E-state index is 12.0. The van der Waals surface area contributed by atoms with Gasteiger partial charge in [0.15, 0.2) is 0 Å². The van der Waals surface area contributed by atoms with E-state index in [0.29, 0.717) is 18.0 Å². The summed E-state index contributed by atoms with van der Waals surface area (Å²) in [5.41, 5.74) is 8.21. The van der Waals surface area contributed by atoms with Gasteiger partial charge in [-0.3, -0.25) is 4.79 Å². The number of aliphatic hydroxyl groups is 1. The SMILES string of the molecule is Cc1cc(N)ccc1NC(=O)CCN1CCC(CCO)C1. The Morgan fingerprint density at radius 3 is 3.05 bits per heavy atom. The van der Waals surface area contributed by atoms with Crippen LogP contribution < -0.4 is 11.1 Å². The van der Waals surface area contributed by atoms with Crippen LogP contribution >= 0.6 is 0 Å². The van der Waals surface area contributed by atoms with Gasteiger partial charge in [0.25, 0.3) is 0 Å². The Kier molecular flexibility index (Phi) is 5.59. The monoisotopic (exact) mass is 291 g/mol. The predicted octanol–water partition coefficient (Wildman–Crippen LogP) is 1.61. The minimum Gasteiger partial charge on any atom is -0.399 e. The van der Waals surface area contributed by atoms with Crippen molar-refractivity contribution in [1.29, 1.82) is 0 Å². The second kappa shape index (κ2) is 7.43. The second-order valence-corrected chi connectivity index (χ2v) is 5.84. The molecule has 5 nitrogen and oxygen atoms in total. The largest absolute Gasteiger partial charge is 0.399 e. The molecule has 0 radical (unpaired) electrons. The van der Waals surface area contributed by atoms with E-state index in [1.165, 1.54) is 0 Å². The van der Waals surface area contributed by atoms with Crippen molar-refractivity contribution in [2.75, 3.05) is 37.3 Å². The molecule has 0 aliphatic carbocycles. The highest BCUT2D eigenvalue weighted by atomic mass is 16.3. The van der Waals surface area contributed by atoms with E-state index in [9.17, 15) is 4.79 Å². The van der Waals surface area contributed by atoms with Gasteiger partial charge in [0.05, 0.1) is 0 Å². The summed E-state index contributed by atoms with van der Waals surface area (Å²) in [6, 6.07) is 5.49. The lowest BCUT2D eigenvalue weighted by molar-refractivity contribution is -0.116. The third-order valence-electron chi connectivity index (χ3n) is 4.09. The second-order valence-electron chi connectivity index (χ2n) is 5.84. The minimum atomic E-state index is 0.0356. The molecule has 21 heavy (non-hydrogen) atoms. The summed E-state index contributed by atoms with van der Waals surface area (Å²) >= 11 is 0. The molecule has 1 saturated heterocycles. The number of hydrogen-bond donors (Lipinski definition) is 3. The summed E-state index contributed by atoms with van der Waals surface area (Å²) < 4.78 is 0. The first-order valence-corrected chi connectivity index (χ1v) is 7.57. The molecule has 0 aromatic heterocycles. The fraction of sp³-hybridized carbons (Fsp3) is 0.562. The number of nitrogens with zero attached hydrogens (tertiary/aromatic N) is 1. The summed E-state index contributed by atoms with van der Waals surface area (Å²) in [5.74, 6) is 0.617. The van der Waals surface area contributed by atoms with Crippen molar-refractivity contribution < 1.29 is 9.90 Å². The zero-order valence-corrected chi connectivity index (χ0v) is 12.6. The fourth-order valence-electron chi connectivity index (χ4n) is 2.83. The standard InChI is InChI=1S/C16H25N3O2/c1-12-10-14(17)2-3-15(12)18-16(21)5-8-19-7-4-13(11-19)6-9-20/h2-3,10,13,20H,4-9,11,17H2,1H3,(H,18,21). The van der Waals surface area contributed by atoms with E-state index in [0.717, 1.165) is 43.7 Å². The molecular weight excluding hydrogens is 266 g/mol. The summed E-state index contributed by atoms with van der Waals surface area (Å²) in [6.45, 7) is 5.00. The third kappa shape index (κ3) is 4.72. The molecule has 1 amide bonds. The number of nitrogens with one attached hydrogen (secondary N) is 1. The van der Waals surface area contributed by atoms with Gasteiger partial charge in [-0.2, -0.15) is 0 Å². The van der Waals surface area contributed by atoms with Crippen LogP contribution in [-0.4, -0.2) is 42.2 Å². The average molecular weight is 291 g/mol. The predicted molar refractivity (Wildman–Crippen MR) is 85.1 cm³/mol. The van der Waals surface area contributed by atoms with Crippen LogP contribution in [0.4, 0.5) is 11.4 Å². The number of hydrogen-bond acceptors (Lipinski definition) is 4. The van der Waals surface area contributed by atoms with Crippen LogP contribution in [-0.2, 0) is 4.79 Å². The van der Waals surface area contributed by atoms with Crippen molar-refractivity contribution in [1.82, 2.24) is 4.90 Å². The Morgan fingerprint density at radius 2 is 2.33 bits per heavy atom. The Bertz CT molecular complexity index is 490. The normalized spacial score (nSPS) is 18.9. The van der Waals surface area contributed by atoms with Gasteiger partial charge in [0.2, 0.25) is 5.91 Å². The molecule has 1 atom stereocenters. The van der Waals surface area contributed by atoms with E-state index in [-0.39, 0.29) is 12.5 Å². The van der Waals surface area contributed by atoms with Gasteiger partial charge in [-0.15, -0.1) is 0 Å². The van der Waals surface area contributed by atoms with Gasteiger partial charge in [-0.05, 0) is 56.0 Å². The highest BCUT2D eigenvalue weighted by Gasteiger charge is 2.22. The number of amides is 1. The van der Waals surface area contributed by atoms with Crippen molar-refractivity contribution >= 4 is 17.3 Å². The molecular formula is C16H25N3O2. The maximum absolute atomic E-state index is 12.0. The third-order valence-corrected chi connectivity index (χ3v) is 4.09. The van der Waals surface area contributed by atoms with Crippen LogP contribution in [0.15, 0.2) is 18.2 Å². The molecule has 5 heteroatoms. The first kappa shape index (κ1) is 15.8. The number of nitrogen functional groups attached to an aromatic ring is 1. The highest BCUT2D eigenvalue weighted by molar-refractivity contribution is 5.91. The van der Waals surface area contributed by atoms with Crippen LogP contribution in [0.3, 0.4) is 0 Å². The summed E-state index contributed by atoms with van der Waals surface area (Å²) in [6.07, 6.45) is 2.49. The number of aliphatic hydroxyl groups excluding tert-OH is 1. The Hall–Kier alpha value is -1.59. The molecule has 1 unspecified atom stereocenters. The van der Waals surface area contributed by atoms with Crippen molar-refractivity contribution in [3.05, 3.63) is 23.8 Å². The van der Waals surface area contributed by atoms with Crippen LogP contribution in [0, 0.1) is 12.8 Å². The molecule has 1 heterocycles. The Morgan fingerprint density at radius 1 is 1.52 bits per heavy atom. The number of benzene rings is 1. The number of carbonyl (C=O) groups excluding carboxylic acids is 1. The molecule has 1 aromatic carbocycles. The first-order chi connectivity index (χ1) is 10.1. The zero-order chi connectivity index (χ0) is 15.2. The fourth-order valence-corrected chi connectivity index (χ4v) is 2.83. The van der Waals surface area contributed by atoms with Crippen molar-refractivity contribution in [3.8, 4) is 0 Å². The lowest BCUT2D eigenvalue weighted by atomic mass is 10.1. The molecule has 116 valence electrons. The van der Waals surface area contributed by atoms with Gasteiger partial charge < -0.3 is 21.1 Å². The molecule has 0 bridgehead atoms. The molecule has 1 aliphatic heterocycles. The first-order valence-electron chi connectivity index (χ1n) is 7.57. The van der Waals surface area contributed by atoms with Gasteiger partial charge in [-0.1, -0.05) is 0 Å². The van der Waals surface area contributed by atoms with Gasteiger partial charge in [0, 0.05) is 37.5 Å². The number of aryl methyl sites for hydroxylation is 1. The number of nitrogens with two attached hydrogens (primary N) is 1. The minimum absolute atomic E-state index is 0.0356. The lowest BCUT2D eigenvalue weighted by Gasteiger charge is -2.16. The number of anilines is 2. The molecule has 4 N–H and O–H groups in total. The van der Waals surface area contributed by atoms with Crippen LogP contribution in [0.2, 0.25) is 0 Å². The van der Waals surface area contributed by atoms with Crippen LogP contribution in [0.25, 0.3) is 0 Å². The number of rotatable bonds is 6.